The van der Waals surface area contributed by atoms with Crippen LogP contribution in [0, 0.1) is 6.92 Å². The number of carboxylic acid groups (broad SMARTS) is 1. The first kappa shape index (κ1) is 16.0. The Morgan fingerprint density at radius 2 is 1.90 bits per heavy atom. The van der Waals surface area contributed by atoms with Crippen LogP contribution in [0.25, 0.3) is 0 Å². The van der Waals surface area contributed by atoms with Crippen LogP contribution in [0.15, 0.2) is 24.3 Å². The van der Waals surface area contributed by atoms with E-state index in [4.69, 9.17) is 9.84 Å². The van der Waals surface area contributed by atoms with Gasteiger partial charge in [-0.25, -0.2) is 0 Å². The van der Waals surface area contributed by atoms with Crippen LogP contribution in [0.1, 0.15) is 25.3 Å². The first-order chi connectivity index (χ1) is 9.52. The van der Waals surface area contributed by atoms with Crippen molar-refractivity contribution in [2.75, 3.05) is 19.7 Å². The van der Waals surface area contributed by atoms with E-state index in [1.54, 1.807) is 0 Å². The Hall–Kier alpha value is -2.04. The van der Waals surface area contributed by atoms with Gasteiger partial charge in [-0.3, -0.25) is 9.59 Å². The number of benzene rings is 1. The molecule has 0 bridgehead atoms. The van der Waals surface area contributed by atoms with E-state index in [1.807, 2.05) is 38.1 Å². The summed E-state index contributed by atoms with van der Waals surface area (Å²) in [4.78, 5) is 23.9. The molecule has 0 saturated heterocycles. The number of amides is 1. The maximum atomic E-state index is 11.9. The van der Waals surface area contributed by atoms with Gasteiger partial charge < -0.3 is 14.7 Å². The molecular formula is C15H21NO4. The average Bonchev–Trinajstić information content (AvgIpc) is 2.40. The normalized spacial score (nSPS) is 10.1. The van der Waals surface area contributed by atoms with E-state index in [9.17, 15) is 9.59 Å². The van der Waals surface area contributed by atoms with Gasteiger partial charge in [0.05, 0.1) is 13.0 Å². The molecule has 20 heavy (non-hydrogen) atoms. The second-order valence-electron chi connectivity index (χ2n) is 4.62. The summed E-state index contributed by atoms with van der Waals surface area (Å²) < 4.78 is 5.47. The van der Waals surface area contributed by atoms with Crippen molar-refractivity contribution in [3.8, 4) is 5.75 Å². The SMILES string of the molecule is CCCN(CC(=O)O)C(=O)CCOc1ccc(C)cc1. The Morgan fingerprint density at radius 3 is 2.45 bits per heavy atom. The van der Waals surface area contributed by atoms with Crippen molar-refractivity contribution in [3.05, 3.63) is 29.8 Å². The molecular weight excluding hydrogens is 258 g/mol. The summed E-state index contributed by atoms with van der Waals surface area (Å²) in [6, 6.07) is 7.57. The van der Waals surface area contributed by atoms with Gasteiger partial charge in [-0.15, -0.1) is 0 Å². The first-order valence-corrected chi connectivity index (χ1v) is 6.72. The molecule has 0 atom stereocenters. The Morgan fingerprint density at radius 1 is 1.25 bits per heavy atom. The summed E-state index contributed by atoms with van der Waals surface area (Å²) >= 11 is 0. The number of hydrogen-bond acceptors (Lipinski definition) is 3. The van der Waals surface area contributed by atoms with Crippen LogP contribution < -0.4 is 4.74 Å². The van der Waals surface area contributed by atoms with Crippen LogP contribution in [-0.2, 0) is 9.59 Å². The molecule has 0 radical (unpaired) electrons. The third-order valence-electron chi connectivity index (χ3n) is 2.78. The number of aliphatic carboxylic acids is 1. The third-order valence-corrected chi connectivity index (χ3v) is 2.78. The molecule has 0 unspecified atom stereocenters. The number of hydrogen-bond donors (Lipinski definition) is 1. The molecule has 1 aromatic rings. The fourth-order valence-electron chi connectivity index (χ4n) is 1.77. The number of carbonyl (C=O) groups is 2. The van der Waals surface area contributed by atoms with Crippen molar-refractivity contribution in [1.29, 1.82) is 0 Å². The topological polar surface area (TPSA) is 66.8 Å². The summed E-state index contributed by atoms with van der Waals surface area (Å²) in [5.41, 5.74) is 1.14. The average molecular weight is 279 g/mol. The minimum atomic E-state index is -0.994. The summed E-state index contributed by atoms with van der Waals surface area (Å²) in [5.74, 6) is -0.476. The lowest BCUT2D eigenvalue weighted by molar-refractivity contribution is -0.144. The molecule has 0 aliphatic carbocycles. The van der Waals surface area contributed by atoms with E-state index in [2.05, 4.69) is 0 Å². The lowest BCUT2D eigenvalue weighted by atomic mass is 10.2. The maximum absolute atomic E-state index is 11.9. The molecule has 1 rings (SSSR count). The number of carboxylic acids is 1. The smallest absolute Gasteiger partial charge is 0.323 e. The minimum Gasteiger partial charge on any atom is -0.493 e. The Kier molecular flexibility index (Phi) is 6.56. The monoisotopic (exact) mass is 279 g/mol. The van der Waals surface area contributed by atoms with Crippen molar-refractivity contribution in [2.45, 2.75) is 26.7 Å². The van der Waals surface area contributed by atoms with Gasteiger partial charge in [0.25, 0.3) is 0 Å². The molecule has 0 aliphatic rings. The van der Waals surface area contributed by atoms with Gasteiger partial charge in [0.15, 0.2) is 0 Å². The minimum absolute atomic E-state index is 0.182. The fourth-order valence-corrected chi connectivity index (χ4v) is 1.77. The molecule has 110 valence electrons. The predicted octanol–water partition coefficient (Wildman–Crippen LogP) is 2.09. The zero-order valence-corrected chi connectivity index (χ0v) is 12.0. The predicted molar refractivity (Wildman–Crippen MR) is 75.8 cm³/mol. The van der Waals surface area contributed by atoms with Crippen LogP contribution in [0.5, 0.6) is 5.75 Å². The number of carbonyl (C=O) groups excluding carboxylic acids is 1. The molecule has 5 nitrogen and oxygen atoms in total. The van der Waals surface area contributed by atoms with Crippen molar-refractivity contribution < 1.29 is 19.4 Å². The molecule has 0 aromatic heterocycles. The summed E-state index contributed by atoms with van der Waals surface area (Å²) in [7, 11) is 0. The van der Waals surface area contributed by atoms with Crippen molar-refractivity contribution in [3.63, 3.8) is 0 Å². The molecule has 0 aliphatic heterocycles. The third kappa shape index (κ3) is 5.73. The zero-order valence-electron chi connectivity index (χ0n) is 12.0. The maximum Gasteiger partial charge on any atom is 0.323 e. The van der Waals surface area contributed by atoms with Gasteiger partial charge >= 0.3 is 5.97 Å². The van der Waals surface area contributed by atoms with E-state index < -0.39 is 5.97 Å². The summed E-state index contributed by atoms with van der Waals surface area (Å²) in [6.45, 7) is 4.35. The Balaban J connectivity index is 2.40. The van der Waals surface area contributed by atoms with Crippen LogP contribution in [0.4, 0.5) is 0 Å². The van der Waals surface area contributed by atoms with Gasteiger partial charge in [-0.05, 0) is 25.5 Å². The summed E-state index contributed by atoms with van der Waals surface area (Å²) in [5, 5.41) is 8.76. The van der Waals surface area contributed by atoms with E-state index in [0.717, 1.165) is 12.0 Å². The number of aryl methyl sites for hydroxylation is 1. The number of nitrogens with zero attached hydrogens (tertiary/aromatic N) is 1. The fraction of sp³-hybridized carbons (Fsp3) is 0.467. The number of ether oxygens (including phenoxy) is 1. The lowest BCUT2D eigenvalue weighted by Gasteiger charge is -2.19. The lowest BCUT2D eigenvalue weighted by Crippen LogP contribution is -2.36. The Labute approximate surface area is 119 Å². The standard InChI is InChI=1S/C15H21NO4/c1-3-9-16(11-15(18)19)14(17)8-10-20-13-6-4-12(2)5-7-13/h4-7H,3,8-11H2,1-2H3,(H,18,19). The molecule has 0 fully saturated rings. The van der Waals surface area contributed by atoms with Gasteiger partial charge in [0.1, 0.15) is 12.3 Å². The quantitative estimate of drug-likeness (QED) is 0.791. The second kappa shape index (κ2) is 8.19. The highest BCUT2D eigenvalue weighted by Gasteiger charge is 2.15. The van der Waals surface area contributed by atoms with Crippen LogP contribution >= 0.6 is 0 Å². The molecule has 0 saturated carbocycles. The van der Waals surface area contributed by atoms with Gasteiger partial charge in [-0.1, -0.05) is 24.6 Å². The van der Waals surface area contributed by atoms with E-state index >= 15 is 0 Å². The highest BCUT2D eigenvalue weighted by atomic mass is 16.5. The van der Waals surface area contributed by atoms with Crippen LogP contribution in [-0.4, -0.2) is 41.6 Å². The summed E-state index contributed by atoms with van der Waals surface area (Å²) in [6.07, 6.45) is 0.916. The molecule has 1 aromatic carbocycles. The Bertz CT molecular complexity index is 442. The van der Waals surface area contributed by atoms with Crippen molar-refractivity contribution >= 4 is 11.9 Å². The molecule has 1 N–H and O–H groups in total. The van der Waals surface area contributed by atoms with Gasteiger partial charge in [-0.2, -0.15) is 0 Å². The highest BCUT2D eigenvalue weighted by molar-refractivity contribution is 5.81. The van der Waals surface area contributed by atoms with E-state index in [-0.39, 0.29) is 25.5 Å². The zero-order chi connectivity index (χ0) is 15.0. The van der Waals surface area contributed by atoms with Gasteiger partial charge in [0, 0.05) is 6.54 Å². The van der Waals surface area contributed by atoms with Crippen molar-refractivity contribution in [2.24, 2.45) is 0 Å². The second-order valence-corrected chi connectivity index (χ2v) is 4.62. The van der Waals surface area contributed by atoms with E-state index in [1.165, 1.54) is 4.90 Å². The molecule has 1 amide bonds. The first-order valence-electron chi connectivity index (χ1n) is 6.72. The highest BCUT2D eigenvalue weighted by Crippen LogP contribution is 2.11. The van der Waals surface area contributed by atoms with Gasteiger partial charge in [0.2, 0.25) is 5.91 Å². The number of rotatable bonds is 8. The van der Waals surface area contributed by atoms with Crippen LogP contribution in [0.3, 0.4) is 0 Å². The van der Waals surface area contributed by atoms with Crippen molar-refractivity contribution in [1.82, 2.24) is 4.90 Å². The molecule has 0 spiro atoms. The molecule has 0 heterocycles. The van der Waals surface area contributed by atoms with E-state index in [0.29, 0.717) is 12.3 Å². The molecule has 5 heteroatoms. The largest absolute Gasteiger partial charge is 0.493 e. The van der Waals surface area contributed by atoms with Crippen LogP contribution in [0.2, 0.25) is 0 Å².